The second-order valence-electron chi connectivity index (χ2n) is 2.59. The number of rotatable bonds is 2. The maximum Gasteiger partial charge on any atom is 0.248 e. The van der Waals surface area contributed by atoms with Crippen LogP contribution in [0, 0.1) is 0 Å². The summed E-state index contributed by atoms with van der Waals surface area (Å²) in [7, 11) is 0. The van der Waals surface area contributed by atoms with Gasteiger partial charge in [0.2, 0.25) is 5.91 Å². The molecular weight excluding hydrogens is 310 g/mol. The van der Waals surface area contributed by atoms with E-state index in [1.807, 2.05) is 18.2 Å². The molecule has 1 N–H and O–H groups in total. The van der Waals surface area contributed by atoms with Gasteiger partial charge in [0.05, 0.1) is 5.69 Å². The van der Waals surface area contributed by atoms with Crippen molar-refractivity contribution in [3.05, 3.63) is 39.3 Å². The topological polar surface area (TPSA) is 29.1 Å². The first-order valence-electron chi connectivity index (χ1n) is 4.03. The molecule has 0 heterocycles. The van der Waals surface area contributed by atoms with Crippen LogP contribution in [-0.4, -0.2) is 5.91 Å². The van der Waals surface area contributed by atoms with Crippen LogP contribution in [0.2, 0.25) is 0 Å². The summed E-state index contributed by atoms with van der Waals surface area (Å²) in [4.78, 5) is 11.3. The number of carbonyl (C=O) groups excluding carboxylic acids is 1. The zero-order valence-corrected chi connectivity index (χ0v) is 10.7. The first-order valence-corrected chi connectivity index (χ1v) is 5.61. The van der Waals surface area contributed by atoms with Gasteiger partial charge in [0.25, 0.3) is 0 Å². The number of carbonyl (C=O) groups is 1. The normalized spacial score (nSPS) is 10.5. The van der Waals surface area contributed by atoms with Crippen LogP contribution in [0.3, 0.4) is 0 Å². The van der Waals surface area contributed by atoms with Crippen molar-refractivity contribution in [2.75, 3.05) is 5.32 Å². The van der Waals surface area contributed by atoms with Crippen molar-refractivity contribution in [2.45, 2.75) is 6.92 Å². The van der Waals surface area contributed by atoms with Crippen LogP contribution in [-0.2, 0) is 4.79 Å². The van der Waals surface area contributed by atoms with Crippen LogP contribution in [0.4, 0.5) is 5.69 Å². The summed E-state index contributed by atoms with van der Waals surface area (Å²) in [5.74, 6) is -0.139. The van der Waals surface area contributed by atoms with Gasteiger partial charge in [-0.05, 0) is 57.0 Å². The minimum absolute atomic E-state index is 0.139. The van der Waals surface area contributed by atoms with Gasteiger partial charge < -0.3 is 5.32 Å². The third kappa shape index (κ3) is 2.96. The van der Waals surface area contributed by atoms with E-state index in [9.17, 15) is 4.79 Å². The molecule has 14 heavy (non-hydrogen) atoms. The summed E-state index contributed by atoms with van der Waals surface area (Å²) in [6, 6.07) is 5.63. The highest BCUT2D eigenvalue weighted by Crippen LogP contribution is 2.30. The van der Waals surface area contributed by atoms with Crippen LogP contribution in [0.25, 0.3) is 0 Å². The lowest BCUT2D eigenvalue weighted by atomic mass is 10.3. The number of anilines is 1. The summed E-state index contributed by atoms with van der Waals surface area (Å²) in [5.41, 5.74) is 0.746. The van der Waals surface area contributed by atoms with Gasteiger partial charge >= 0.3 is 0 Å². The number of halogens is 2. The van der Waals surface area contributed by atoms with E-state index in [0.29, 0.717) is 0 Å². The molecule has 4 heteroatoms. The Morgan fingerprint density at radius 3 is 2.43 bits per heavy atom. The molecule has 0 saturated carbocycles. The predicted molar refractivity (Wildman–Crippen MR) is 65.3 cm³/mol. The molecule has 0 radical (unpaired) electrons. The summed E-state index contributed by atoms with van der Waals surface area (Å²) in [5, 5.41) is 2.76. The molecule has 0 saturated heterocycles. The highest BCUT2D eigenvalue weighted by molar-refractivity contribution is 9.11. The maximum atomic E-state index is 11.3. The van der Waals surface area contributed by atoms with Gasteiger partial charge in [-0.15, -0.1) is 0 Å². The zero-order valence-electron chi connectivity index (χ0n) is 7.55. The lowest BCUT2D eigenvalue weighted by Gasteiger charge is -2.06. The Morgan fingerprint density at radius 1 is 1.36 bits per heavy atom. The van der Waals surface area contributed by atoms with Crippen LogP contribution < -0.4 is 5.32 Å². The van der Waals surface area contributed by atoms with E-state index in [4.69, 9.17) is 0 Å². The minimum Gasteiger partial charge on any atom is -0.321 e. The molecule has 0 fully saturated rings. The Labute approximate surface area is 99.6 Å². The van der Waals surface area contributed by atoms with E-state index in [1.54, 1.807) is 13.0 Å². The Balaban J connectivity index is 2.91. The molecule has 2 nitrogen and oxygen atoms in total. The Kier molecular flexibility index (Phi) is 4.35. The molecule has 0 aliphatic carbocycles. The van der Waals surface area contributed by atoms with Gasteiger partial charge in [0, 0.05) is 8.95 Å². The standard InChI is InChI=1S/C10H9Br2NO/c1-2-4-9(14)13-10-7(11)5-3-6-8(10)12/h2-6H,1H3,(H,13,14)/b4-2+. The number of benzene rings is 1. The molecule has 0 aliphatic rings. The van der Waals surface area contributed by atoms with Crippen LogP contribution in [0.5, 0.6) is 0 Å². The monoisotopic (exact) mass is 317 g/mol. The van der Waals surface area contributed by atoms with E-state index in [1.165, 1.54) is 6.08 Å². The number of hydrogen-bond acceptors (Lipinski definition) is 1. The van der Waals surface area contributed by atoms with Crippen molar-refractivity contribution in [1.29, 1.82) is 0 Å². The highest BCUT2D eigenvalue weighted by Gasteiger charge is 2.05. The molecular formula is C10H9Br2NO. The minimum atomic E-state index is -0.139. The maximum absolute atomic E-state index is 11.3. The summed E-state index contributed by atoms with van der Waals surface area (Å²) in [6.07, 6.45) is 3.17. The third-order valence-corrected chi connectivity index (χ3v) is 2.85. The van der Waals surface area contributed by atoms with Crippen LogP contribution in [0.1, 0.15) is 6.92 Å². The number of para-hydroxylation sites is 1. The highest BCUT2D eigenvalue weighted by atomic mass is 79.9. The summed E-state index contributed by atoms with van der Waals surface area (Å²) < 4.78 is 1.70. The van der Waals surface area contributed by atoms with Crippen molar-refractivity contribution in [3.63, 3.8) is 0 Å². The molecule has 0 unspecified atom stereocenters. The van der Waals surface area contributed by atoms with E-state index < -0.39 is 0 Å². The molecule has 1 aromatic carbocycles. The van der Waals surface area contributed by atoms with Gasteiger partial charge in [-0.1, -0.05) is 12.1 Å². The second kappa shape index (κ2) is 5.32. The van der Waals surface area contributed by atoms with Gasteiger partial charge in [-0.3, -0.25) is 4.79 Å². The van der Waals surface area contributed by atoms with E-state index in [0.717, 1.165) is 14.6 Å². The molecule has 0 aromatic heterocycles. The number of allylic oxidation sites excluding steroid dienone is 1. The van der Waals surface area contributed by atoms with Crippen LogP contribution >= 0.6 is 31.9 Å². The van der Waals surface area contributed by atoms with E-state index in [-0.39, 0.29) is 5.91 Å². The first kappa shape index (κ1) is 11.5. The van der Waals surface area contributed by atoms with Crippen molar-refractivity contribution >= 4 is 43.5 Å². The first-order chi connectivity index (χ1) is 6.65. The molecule has 0 spiro atoms. The average Bonchev–Trinajstić information content (AvgIpc) is 2.12. The second-order valence-corrected chi connectivity index (χ2v) is 4.29. The molecule has 1 rings (SSSR count). The molecule has 1 aromatic rings. The Hall–Kier alpha value is -0.610. The zero-order chi connectivity index (χ0) is 10.6. The number of hydrogen-bond donors (Lipinski definition) is 1. The van der Waals surface area contributed by atoms with Gasteiger partial charge in [0.15, 0.2) is 0 Å². The van der Waals surface area contributed by atoms with Crippen molar-refractivity contribution in [2.24, 2.45) is 0 Å². The van der Waals surface area contributed by atoms with E-state index in [2.05, 4.69) is 37.2 Å². The van der Waals surface area contributed by atoms with Gasteiger partial charge in [0.1, 0.15) is 0 Å². The lowest BCUT2D eigenvalue weighted by Crippen LogP contribution is -2.08. The molecule has 0 atom stereocenters. The molecule has 0 bridgehead atoms. The van der Waals surface area contributed by atoms with Gasteiger partial charge in [-0.25, -0.2) is 0 Å². The Bertz CT molecular complexity index is 354. The fourth-order valence-electron chi connectivity index (χ4n) is 0.933. The fourth-order valence-corrected chi connectivity index (χ4v) is 2.13. The van der Waals surface area contributed by atoms with Crippen molar-refractivity contribution in [3.8, 4) is 0 Å². The summed E-state index contributed by atoms with van der Waals surface area (Å²) in [6.45, 7) is 1.80. The Morgan fingerprint density at radius 2 is 1.93 bits per heavy atom. The van der Waals surface area contributed by atoms with Crippen molar-refractivity contribution < 1.29 is 4.79 Å². The lowest BCUT2D eigenvalue weighted by molar-refractivity contribution is -0.111. The van der Waals surface area contributed by atoms with E-state index >= 15 is 0 Å². The molecule has 74 valence electrons. The molecule has 1 amide bonds. The van der Waals surface area contributed by atoms with Crippen LogP contribution in [0.15, 0.2) is 39.3 Å². The fraction of sp³-hybridized carbons (Fsp3) is 0.100. The predicted octanol–water partition coefficient (Wildman–Crippen LogP) is 3.73. The quantitative estimate of drug-likeness (QED) is 0.827. The summed E-state index contributed by atoms with van der Waals surface area (Å²) >= 11 is 6.72. The number of amides is 1. The SMILES string of the molecule is C/C=C/C(=O)Nc1c(Br)cccc1Br. The smallest absolute Gasteiger partial charge is 0.248 e. The third-order valence-electron chi connectivity index (χ3n) is 1.53. The molecule has 0 aliphatic heterocycles. The van der Waals surface area contributed by atoms with Crippen molar-refractivity contribution in [1.82, 2.24) is 0 Å². The average molecular weight is 319 g/mol. The largest absolute Gasteiger partial charge is 0.321 e. The van der Waals surface area contributed by atoms with Gasteiger partial charge in [-0.2, -0.15) is 0 Å². The number of nitrogens with one attached hydrogen (secondary N) is 1.